The third kappa shape index (κ3) is 9.12. The second-order valence-electron chi connectivity index (χ2n) is 2.54. The first kappa shape index (κ1) is 17.0. The fourth-order valence-electron chi connectivity index (χ4n) is 0.503. The van der Waals surface area contributed by atoms with E-state index in [1.807, 2.05) is 0 Å². The molecule has 0 rings (SSSR count). The monoisotopic (exact) mass is 254 g/mol. The smallest absolute Gasteiger partial charge is 0.324 e. The molecular weight excluding hydrogens is 240 g/mol. The molecule has 0 saturated carbocycles. The lowest BCUT2D eigenvalue weighted by molar-refractivity contribution is -0.138. The summed E-state index contributed by atoms with van der Waals surface area (Å²) < 4.78 is 28.8. The van der Waals surface area contributed by atoms with Gasteiger partial charge in [-0.15, -0.1) is 6.58 Å². The molecule has 94 valence electrons. The summed E-state index contributed by atoms with van der Waals surface area (Å²) in [6, 6.07) is 0. The molecule has 1 atom stereocenters. The van der Waals surface area contributed by atoms with Crippen molar-refractivity contribution >= 4 is 22.0 Å². The summed E-state index contributed by atoms with van der Waals surface area (Å²) >= 11 is 0. The number of hydrogen-bond donors (Lipinski definition) is 4. The number of amides is 1. The topological polar surface area (TPSA) is 161 Å². The van der Waals surface area contributed by atoms with E-state index < -0.39 is 33.7 Å². The van der Waals surface area contributed by atoms with Crippen LogP contribution < -0.4 is 11.5 Å². The first-order valence-electron chi connectivity index (χ1n) is 3.95. The van der Waals surface area contributed by atoms with Crippen LogP contribution in [0.3, 0.4) is 0 Å². The maximum Gasteiger partial charge on any atom is 0.324 e. The molecule has 0 saturated heterocycles. The molecule has 0 spiro atoms. The Morgan fingerprint density at radius 3 is 1.88 bits per heavy atom. The van der Waals surface area contributed by atoms with E-state index in [0.717, 1.165) is 0 Å². The van der Waals surface area contributed by atoms with Gasteiger partial charge in [0.15, 0.2) is 5.25 Å². The summed E-state index contributed by atoms with van der Waals surface area (Å²) in [5, 5.41) is 6.04. The number of hydrogen-bond acceptors (Lipinski definition) is 5. The fraction of sp³-hybridized carbons (Fsp3) is 0.429. The molecule has 1 unspecified atom stereocenters. The Balaban J connectivity index is 0. The van der Waals surface area contributed by atoms with Gasteiger partial charge in [0.05, 0.1) is 6.42 Å². The van der Waals surface area contributed by atoms with Crippen molar-refractivity contribution in [3.8, 4) is 0 Å². The molecule has 0 radical (unpaired) electrons. The number of carbonyl (C=O) groups excluding carboxylic acids is 1. The van der Waals surface area contributed by atoms with Crippen LogP contribution in [-0.4, -0.2) is 41.7 Å². The predicted octanol–water partition coefficient (Wildman–Crippen LogP) is -1.67. The van der Waals surface area contributed by atoms with Crippen molar-refractivity contribution in [2.45, 2.75) is 11.7 Å². The van der Waals surface area contributed by atoms with E-state index in [9.17, 15) is 18.0 Å². The lowest BCUT2D eigenvalue weighted by atomic mass is 10.3. The number of aliphatic carboxylic acids is 1. The van der Waals surface area contributed by atoms with Crippen molar-refractivity contribution in [3.05, 3.63) is 12.7 Å². The van der Waals surface area contributed by atoms with Crippen molar-refractivity contribution in [2.75, 3.05) is 6.54 Å². The minimum Gasteiger partial charge on any atom is -0.480 e. The van der Waals surface area contributed by atoms with Gasteiger partial charge in [-0.1, -0.05) is 6.08 Å². The van der Waals surface area contributed by atoms with E-state index in [-0.39, 0.29) is 0 Å². The van der Waals surface area contributed by atoms with Gasteiger partial charge in [0.2, 0.25) is 5.91 Å². The molecule has 0 aliphatic heterocycles. The number of carboxylic acid groups (broad SMARTS) is 1. The van der Waals surface area contributed by atoms with E-state index in [1.54, 1.807) is 6.08 Å². The van der Waals surface area contributed by atoms with Crippen LogP contribution in [-0.2, 0) is 19.7 Å². The summed E-state index contributed by atoms with van der Waals surface area (Å²) in [5.41, 5.74) is 9.46. The summed E-state index contributed by atoms with van der Waals surface area (Å²) in [7, 11) is -4.76. The zero-order chi connectivity index (χ0) is 13.4. The van der Waals surface area contributed by atoms with Gasteiger partial charge >= 0.3 is 5.97 Å². The summed E-state index contributed by atoms with van der Waals surface area (Å²) in [6.45, 7) is 3.94. The molecule has 6 N–H and O–H groups in total. The third-order valence-corrected chi connectivity index (χ3v) is 2.28. The molecule has 0 aliphatic rings. The van der Waals surface area contributed by atoms with Crippen LogP contribution in [0.5, 0.6) is 0 Å². The zero-order valence-corrected chi connectivity index (χ0v) is 9.18. The molecule has 0 aliphatic carbocycles. The Kier molecular flexibility index (Phi) is 8.26. The van der Waals surface area contributed by atoms with E-state index in [0.29, 0.717) is 6.54 Å². The average molecular weight is 254 g/mol. The third-order valence-electron chi connectivity index (χ3n) is 1.19. The molecule has 0 bridgehead atoms. The molecule has 0 aromatic heterocycles. The van der Waals surface area contributed by atoms with E-state index >= 15 is 0 Å². The van der Waals surface area contributed by atoms with Crippen molar-refractivity contribution < 1.29 is 27.7 Å². The fourth-order valence-corrected chi connectivity index (χ4v) is 1.13. The summed E-state index contributed by atoms with van der Waals surface area (Å²) in [4.78, 5) is 20.3. The van der Waals surface area contributed by atoms with Gasteiger partial charge in [-0.05, 0) is 0 Å². The van der Waals surface area contributed by atoms with Crippen LogP contribution >= 0.6 is 0 Å². The molecule has 1 amide bonds. The van der Waals surface area contributed by atoms with Crippen molar-refractivity contribution in [1.29, 1.82) is 0 Å². The highest BCUT2D eigenvalue weighted by molar-refractivity contribution is 7.87. The van der Waals surface area contributed by atoms with E-state index in [4.69, 9.17) is 15.4 Å². The van der Waals surface area contributed by atoms with Gasteiger partial charge in [0.25, 0.3) is 10.1 Å². The Labute approximate surface area is 92.7 Å². The molecule has 0 aromatic carbocycles. The Morgan fingerprint density at radius 1 is 1.44 bits per heavy atom. The zero-order valence-electron chi connectivity index (χ0n) is 8.37. The number of rotatable bonds is 5. The van der Waals surface area contributed by atoms with Crippen molar-refractivity contribution in [3.63, 3.8) is 0 Å². The van der Waals surface area contributed by atoms with Crippen LogP contribution in [0.15, 0.2) is 12.7 Å². The van der Waals surface area contributed by atoms with Gasteiger partial charge in [-0.3, -0.25) is 14.1 Å². The molecule has 0 aromatic rings. The first-order valence-corrected chi connectivity index (χ1v) is 5.45. The number of nitrogens with two attached hydrogens (primary N) is 2. The second kappa shape index (κ2) is 7.79. The maximum absolute atomic E-state index is 10.3. The van der Waals surface area contributed by atoms with Crippen molar-refractivity contribution in [2.24, 2.45) is 11.5 Å². The predicted molar refractivity (Wildman–Crippen MR) is 56.0 cm³/mol. The van der Waals surface area contributed by atoms with Crippen LogP contribution in [0.4, 0.5) is 0 Å². The largest absolute Gasteiger partial charge is 0.480 e. The minimum atomic E-state index is -4.76. The van der Waals surface area contributed by atoms with Crippen LogP contribution in [0.2, 0.25) is 0 Å². The lowest BCUT2D eigenvalue weighted by Crippen LogP contribution is -2.34. The highest BCUT2D eigenvalue weighted by Crippen LogP contribution is 2.03. The van der Waals surface area contributed by atoms with Gasteiger partial charge in [0, 0.05) is 6.54 Å². The van der Waals surface area contributed by atoms with Gasteiger partial charge in [-0.25, -0.2) is 0 Å². The van der Waals surface area contributed by atoms with Crippen LogP contribution in [0, 0.1) is 0 Å². The van der Waals surface area contributed by atoms with E-state index in [2.05, 4.69) is 12.3 Å². The molecular formula is C7H14N2O6S. The minimum absolute atomic E-state index is 0.583. The standard InChI is InChI=1S/C4H7NO6S.C3H7N/c5-3(6)1-2(4(7)8)12(9,10)11;1-2-3-4/h2H,1H2,(H2,5,6)(H,7,8)(H,9,10,11);2H,1,3-4H2. The van der Waals surface area contributed by atoms with Gasteiger partial charge < -0.3 is 16.6 Å². The number of primary amides is 1. The lowest BCUT2D eigenvalue weighted by Gasteiger charge is -2.04. The molecule has 9 heteroatoms. The summed E-state index contributed by atoms with van der Waals surface area (Å²) in [5.74, 6) is -2.92. The van der Waals surface area contributed by atoms with Crippen LogP contribution in [0.1, 0.15) is 6.42 Å². The van der Waals surface area contributed by atoms with Gasteiger partial charge in [-0.2, -0.15) is 8.42 Å². The molecule has 8 nitrogen and oxygen atoms in total. The summed E-state index contributed by atoms with van der Waals surface area (Å²) in [6.07, 6.45) is 0.716. The SMILES string of the molecule is C=CCN.NC(=O)CC(C(=O)O)S(=O)(=O)O. The average Bonchev–Trinajstić information content (AvgIpc) is 2.12. The molecule has 16 heavy (non-hydrogen) atoms. The number of carbonyl (C=O) groups is 2. The Hall–Kier alpha value is -1.45. The Morgan fingerprint density at radius 2 is 1.81 bits per heavy atom. The van der Waals surface area contributed by atoms with Crippen molar-refractivity contribution in [1.82, 2.24) is 0 Å². The van der Waals surface area contributed by atoms with Gasteiger partial charge in [0.1, 0.15) is 0 Å². The number of carboxylic acids is 1. The first-order chi connectivity index (χ1) is 7.16. The highest BCUT2D eigenvalue weighted by Gasteiger charge is 2.32. The maximum atomic E-state index is 10.3. The quantitative estimate of drug-likeness (QED) is 0.337. The normalized spacial score (nSPS) is 11.9. The highest BCUT2D eigenvalue weighted by atomic mass is 32.2. The Bertz CT molecular complexity index is 350. The second-order valence-corrected chi connectivity index (χ2v) is 4.14. The molecule has 0 heterocycles. The molecule has 0 fully saturated rings. The van der Waals surface area contributed by atoms with Crippen LogP contribution in [0.25, 0.3) is 0 Å². The van der Waals surface area contributed by atoms with E-state index in [1.165, 1.54) is 0 Å².